The van der Waals surface area contributed by atoms with Gasteiger partial charge in [-0.1, -0.05) is 0 Å². The molecule has 0 aliphatic rings. The summed E-state index contributed by atoms with van der Waals surface area (Å²) in [5, 5.41) is 0.828. The van der Waals surface area contributed by atoms with Gasteiger partial charge in [0.25, 0.3) is 0 Å². The standard InChI is InChI=1S/C11H10N2O2/c12-6-10(14)8-1-3-9-7(5-8)2-4-11(15)13-9/h1-5H,6,12H2,(H,13,15). The topological polar surface area (TPSA) is 76.0 Å². The van der Waals surface area contributed by atoms with Crippen LogP contribution in [0.2, 0.25) is 0 Å². The molecule has 0 radical (unpaired) electrons. The molecule has 1 heterocycles. The maximum Gasteiger partial charge on any atom is 0.248 e. The molecule has 0 bridgehead atoms. The first kappa shape index (κ1) is 9.61. The molecule has 4 nitrogen and oxygen atoms in total. The lowest BCUT2D eigenvalue weighted by Crippen LogP contribution is -2.13. The van der Waals surface area contributed by atoms with Gasteiger partial charge in [-0.15, -0.1) is 0 Å². The lowest BCUT2D eigenvalue weighted by atomic mass is 10.1. The van der Waals surface area contributed by atoms with Crippen molar-refractivity contribution in [3.8, 4) is 0 Å². The molecule has 0 spiro atoms. The van der Waals surface area contributed by atoms with E-state index in [9.17, 15) is 9.59 Å². The van der Waals surface area contributed by atoms with Crippen LogP contribution < -0.4 is 11.3 Å². The first-order valence-electron chi connectivity index (χ1n) is 4.57. The van der Waals surface area contributed by atoms with Crippen LogP contribution in [0.15, 0.2) is 35.1 Å². The highest BCUT2D eigenvalue weighted by Gasteiger charge is 2.03. The summed E-state index contributed by atoms with van der Waals surface area (Å²) in [5.74, 6) is -0.108. The summed E-state index contributed by atoms with van der Waals surface area (Å²) in [7, 11) is 0. The minimum Gasteiger partial charge on any atom is -0.324 e. The van der Waals surface area contributed by atoms with Crippen LogP contribution in [0.25, 0.3) is 10.9 Å². The average Bonchev–Trinajstić information content (AvgIpc) is 2.27. The molecule has 1 aromatic carbocycles. The first-order chi connectivity index (χ1) is 7.20. The van der Waals surface area contributed by atoms with Gasteiger partial charge in [-0.05, 0) is 29.7 Å². The molecule has 0 atom stereocenters. The number of nitrogens with two attached hydrogens (primary N) is 1. The van der Waals surface area contributed by atoms with Crippen molar-refractivity contribution in [2.75, 3.05) is 6.54 Å². The second kappa shape index (κ2) is 3.67. The number of ketones is 1. The van der Waals surface area contributed by atoms with E-state index in [2.05, 4.69) is 4.98 Å². The number of benzene rings is 1. The van der Waals surface area contributed by atoms with Gasteiger partial charge in [0, 0.05) is 17.1 Å². The van der Waals surface area contributed by atoms with Gasteiger partial charge in [0.2, 0.25) is 5.56 Å². The molecule has 3 N–H and O–H groups in total. The normalized spacial score (nSPS) is 10.5. The number of hydrogen-bond acceptors (Lipinski definition) is 3. The molecular weight excluding hydrogens is 192 g/mol. The first-order valence-corrected chi connectivity index (χ1v) is 4.57. The Balaban J connectivity index is 2.62. The van der Waals surface area contributed by atoms with Crippen LogP contribution in [0.3, 0.4) is 0 Å². The maximum absolute atomic E-state index is 11.3. The number of nitrogens with one attached hydrogen (secondary N) is 1. The van der Waals surface area contributed by atoms with Crippen LogP contribution in [-0.4, -0.2) is 17.3 Å². The van der Waals surface area contributed by atoms with E-state index in [1.165, 1.54) is 6.07 Å². The van der Waals surface area contributed by atoms with E-state index in [0.29, 0.717) is 5.56 Å². The molecule has 0 unspecified atom stereocenters. The number of hydrogen-bond donors (Lipinski definition) is 2. The fourth-order valence-corrected chi connectivity index (χ4v) is 1.45. The molecule has 4 heteroatoms. The van der Waals surface area contributed by atoms with E-state index in [-0.39, 0.29) is 17.9 Å². The average molecular weight is 202 g/mol. The predicted octanol–water partition coefficient (Wildman–Crippen LogP) is 0.669. The van der Waals surface area contributed by atoms with Gasteiger partial charge < -0.3 is 10.7 Å². The SMILES string of the molecule is NCC(=O)c1ccc2[nH]c(=O)ccc2c1. The predicted molar refractivity (Wildman–Crippen MR) is 58.0 cm³/mol. The zero-order valence-electron chi connectivity index (χ0n) is 7.99. The Labute approximate surface area is 85.7 Å². The molecule has 0 aliphatic carbocycles. The molecule has 0 saturated heterocycles. The summed E-state index contributed by atoms with van der Waals surface area (Å²) < 4.78 is 0. The Bertz CT molecular complexity index is 572. The molecule has 0 saturated carbocycles. The van der Waals surface area contributed by atoms with Crippen LogP contribution in [0.4, 0.5) is 0 Å². The van der Waals surface area contributed by atoms with E-state index in [4.69, 9.17) is 5.73 Å². The van der Waals surface area contributed by atoms with Crippen LogP contribution in [-0.2, 0) is 0 Å². The quantitative estimate of drug-likeness (QED) is 0.703. The largest absolute Gasteiger partial charge is 0.324 e. The number of H-pyrrole nitrogens is 1. The molecule has 0 aliphatic heterocycles. The Morgan fingerprint density at radius 3 is 2.80 bits per heavy atom. The second-order valence-electron chi connectivity index (χ2n) is 3.25. The highest BCUT2D eigenvalue weighted by molar-refractivity contribution is 6.00. The number of carbonyl (C=O) groups excluding carboxylic acids is 1. The fourth-order valence-electron chi connectivity index (χ4n) is 1.45. The van der Waals surface area contributed by atoms with Crippen LogP contribution in [0.1, 0.15) is 10.4 Å². The van der Waals surface area contributed by atoms with Gasteiger partial charge >= 0.3 is 0 Å². The summed E-state index contributed by atoms with van der Waals surface area (Å²) >= 11 is 0. The molecule has 15 heavy (non-hydrogen) atoms. The summed E-state index contributed by atoms with van der Waals surface area (Å²) in [6.45, 7) is -0.00510. The van der Waals surface area contributed by atoms with Crippen molar-refractivity contribution in [2.45, 2.75) is 0 Å². The third kappa shape index (κ3) is 1.80. The Morgan fingerprint density at radius 2 is 2.07 bits per heavy atom. The third-order valence-corrected chi connectivity index (χ3v) is 2.23. The molecule has 1 aromatic heterocycles. The van der Waals surface area contributed by atoms with Crippen molar-refractivity contribution in [1.82, 2.24) is 4.98 Å². The smallest absolute Gasteiger partial charge is 0.248 e. The van der Waals surface area contributed by atoms with Crippen molar-refractivity contribution in [1.29, 1.82) is 0 Å². The second-order valence-corrected chi connectivity index (χ2v) is 3.25. The van der Waals surface area contributed by atoms with Crippen LogP contribution >= 0.6 is 0 Å². The van der Waals surface area contributed by atoms with E-state index in [1.807, 2.05) is 0 Å². The van der Waals surface area contributed by atoms with E-state index in [1.54, 1.807) is 24.3 Å². The van der Waals surface area contributed by atoms with Gasteiger partial charge in [-0.2, -0.15) is 0 Å². The summed E-state index contributed by atoms with van der Waals surface area (Å²) in [6, 6.07) is 8.20. The Hall–Kier alpha value is -1.94. The fraction of sp³-hybridized carbons (Fsp3) is 0.0909. The number of aromatic nitrogens is 1. The van der Waals surface area contributed by atoms with Crippen LogP contribution in [0.5, 0.6) is 0 Å². The molecular formula is C11H10N2O2. The summed E-state index contributed by atoms with van der Waals surface area (Å²) in [6.07, 6.45) is 0. The summed E-state index contributed by atoms with van der Waals surface area (Å²) in [4.78, 5) is 25.0. The highest BCUT2D eigenvalue weighted by Crippen LogP contribution is 2.12. The van der Waals surface area contributed by atoms with Crippen molar-refractivity contribution < 1.29 is 4.79 Å². The number of carbonyl (C=O) groups is 1. The number of aromatic amines is 1. The number of rotatable bonds is 2. The minimum absolute atomic E-state index is 0.00510. The summed E-state index contributed by atoms with van der Waals surface area (Å²) in [5.41, 5.74) is 6.40. The number of fused-ring (bicyclic) bond motifs is 1. The Morgan fingerprint density at radius 1 is 1.27 bits per heavy atom. The molecule has 2 rings (SSSR count). The van der Waals surface area contributed by atoms with E-state index in [0.717, 1.165) is 10.9 Å². The zero-order chi connectivity index (χ0) is 10.8. The van der Waals surface area contributed by atoms with Gasteiger partial charge in [-0.25, -0.2) is 0 Å². The van der Waals surface area contributed by atoms with Gasteiger partial charge in [0.15, 0.2) is 5.78 Å². The molecule has 2 aromatic rings. The zero-order valence-corrected chi connectivity index (χ0v) is 7.99. The van der Waals surface area contributed by atoms with E-state index >= 15 is 0 Å². The van der Waals surface area contributed by atoms with Gasteiger partial charge in [-0.3, -0.25) is 9.59 Å². The molecule has 0 amide bonds. The number of Topliss-reactive ketones (excluding diaryl/α,β-unsaturated/α-hetero) is 1. The molecule has 76 valence electrons. The van der Waals surface area contributed by atoms with Crippen molar-refractivity contribution in [3.05, 3.63) is 46.2 Å². The Kier molecular flexibility index (Phi) is 2.35. The maximum atomic E-state index is 11.3. The van der Waals surface area contributed by atoms with Crippen LogP contribution in [0, 0.1) is 0 Å². The lowest BCUT2D eigenvalue weighted by Gasteiger charge is -2.00. The van der Waals surface area contributed by atoms with Crippen molar-refractivity contribution in [2.24, 2.45) is 5.73 Å². The monoisotopic (exact) mass is 202 g/mol. The lowest BCUT2D eigenvalue weighted by molar-refractivity contribution is 0.100. The minimum atomic E-state index is -0.152. The molecule has 0 fully saturated rings. The van der Waals surface area contributed by atoms with Crippen molar-refractivity contribution in [3.63, 3.8) is 0 Å². The third-order valence-electron chi connectivity index (χ3n) is 2.23. The van der Waals surface area contributed by atoms with E-state index < -0.39 is 0 Å². The highest BCUT2D eigenvalue weighted by atomic mass is 16.1. The van der Waals surface area contributed by atoms with Crippen molar-refractivity contribution >= 4 is 16.7 Å². The number of pyridine rings is 1. The van der Waals surface area contributed by atoms with Gasteiger partial charge in [0.05, 0.1) is 6.54 Å². The van der Waals surface area contributed by atoms with Gasteiger partial charge in [0.1, 0.15) is 0 Å².